The van der Waals surface area contributed by atoms with Crippen molar-refractivity contribution in [2.24, 2.45) is 0 Å². The Morgan fingerprint density at radius 2 is 2.00 bits per heavy atom. The summed E-state index contributed by atoms with van der Waals surface area (Å²) >= 11 is 5.95. The average Bonchev–Trinajstić information content (AvgIpc) is 3.20. The van der Waals surface area contributed by atoms with E-state index in [0.717, 1.165) is 11.3 Å². The lowest BCUT2D eigenvalue weighted by molar-refractivity contribution is 0.102. The molecule has 0 saturated carbocycles. The third-order valence-electron chi connectivity index (χ3n) is 4.22. The molecule has 1 aromatic carbocycles. The molecule has 0 aliphatic rings. The summed E-state index contributed by atoms with van der Waals surface area (Å²) in [4.78, 5) is 12.4. The van der Waals surface area contributed by atoms with E-state index in [1.165, 1.54) is 6.20 Å². The van der Waals surface area contributed by atoms with E-state index >= 15 is 0 Å². The number of nitrogens with zero attached hydrogens (tertiary/aromatic N) is 3. The zero-order chi connectivity index (χ0) is 19.6. The number of ether oxygens (including phenoxy) is 2. The fourth-order valence-corrected chi connectivity index (χ4v) is 2.97. The molecule has 3 aromatic rings. The van der Waals surface area contributed by atoms with E-state index in [2.05, 4.69) is 20.6 Å². The molecule has 0 radical (unpaired) electrons. The Morgan fingerprint density at radius 1 is 1.26 bits per heavy atom. The van der Waals surface area contributed by atoms with E-state index in [9.17, 15) is 4.79 Å². The van der Waals surface area contributed by atoms with Gasteiger partial charge in [0.25, 0.3) is 5.91 Å². The molecule has 0 aliphatic carbocycles. The number of aromatic amines is 1. The number of carbonyl (C=O) groups excluding carboxylic acids is 1. The normalized spacial score (nSPS) is 10.7. The Labute approximate surface area is 161 Å². The SMILES string of the molecule is COc1ccc(Cn2nc(C)c(NC(=O)c3[nH]ncc3Cl)c2C)cc1OC. The van der Waals surface area contributed by atoms with Crippen LogP contribution in [0.3, 0.4) is 0 Å². The van der Waals surface area contributed by atoms with Gasteiger partial charge in [0.15, 0.2) is 11.5 Å². The average molecular weight is 390 g/mol. The summed E-state index contributed by atoms with van der Waals surface area (Å²) in [5.74, 6) is 0.951. The first-order valence-corrected chi connectivity index (χ1v) is 8.57. The fraction of sp³-hybridized carbons (Fsp3) is 0.278. The van der Waals surface area contributed by atoms with Gasteiger partial charge in [0.05, 0.1) is 49.1 Å². The second kappa shape index (κ2) is 7.71. The molecule has 2 heterocycles. The van der Waals surface area contributed by atoms with E-state index in [-0.39, 0.29) is 16.6 Å². The number of amides is 1. The van der Waals surface area contributed by atoms with Crippen molar-refractivity contribution in [2.75, 3.05) is 19.5 Å². The van der Waals surface area contributed by atoms with Crippen molar-refractivity contribution in [1.29, 1.82) is 0 Å². The van der Waals surface area contributed by atoms with E-state index < -0.39 is 0 Å². The van der Waals surface area contributed by atoms with Crippen molar-refractivity contribution in [3.05, 3.63) is 52.1 Å². The quantitative estimate of drug-likeness (QED) is 0.675. The molecule has 0 fully saturated rings. The molecule has 0 bridgehead atoms. The Balaban J connectivity index is 1.84. The molecule has 0 aliphatic heterocycles. The van der Waals surface area contributed by atoms with Gasteiger partial charge in [0.2, 0.25) is 0 Å². The molecular weight excluding hydrogens is 370 g/mol. The molecular formula is C18H20ClN5O3. The lowest BCUT2D eigenvalue weighted by Gasteiger charge is -2.11. The van der Waals surface area contributed by atoms with Crippen LogP contribution in [-0.2, 0) is 6.54 Å². The van der Waals surface area contributed by atoms with Gasteiger partial charge in [-0.25, -0.2) is 0 Å². The van der Waals surface area contributed by atoms with Crippen LogP contribution in [0.2, 0.25) is 5.02 Å². The second-order valence-corrected chi connectivity index (χ2v) is 6.35. The second-order valence-electron chi connectivity index (χ2n) is 5.94. The van der Waals surface area contributed by atoms with E-state index in [1.807, 2.05) is 36.7 Å². The number of aryl methyl sites for hydroxylation is 1. The van der Waals surface area contributed by atoms with Crippen LogP contribution < -0.4 is 14.8 Å². The van der Waals surface area contributed by atoms with E-state index in [4.69, 9.17) is 21.1 Å². The molecule has 0 atom stereocenters. The zero-order valence-electron chi connectivity index (χ0n) is 15.5. The van der Waals surface area contributed by atoms with Gasteiger partial charge in [0, 0.05) is 0 Å². The number of rotatable bonds is 6. The van der Waals surface area contributed by atoms with Gasteiger partial charge >= 0.3 is 0 Å². The molecule has 3 rings (SSSR count). The smallest absolute Gasteiger partial charge is 0.275 e. The summed E-state index contributed by atoms with van der Waals surface area (Å²) in [5, 5.41) is 14.0. The van der Waals surface area contributed by atoms with Crippen LogP contribution >= 0.6 is 11.6 Å². The van der Waals surface area contributed by atoms with Gasteiger partial charge in [-0.3, -0.25) is 14.6 Å². The lowest BCUT2D eigenvalue weighted by atomic mass is 10.2. The first-order valence-electron chi connectivity index (χ1n) is 8.19. The number of halogens is 1. The van der Waals surface area contributed by atoms with Crippen molar-refractivity contribution < 1.29 is 14.3 Å². The topological polar surface area (TPSA) is 94.1 Å². The van der Waals surface area contributed by atoms with Gasteiger partial charge < -0.3 is 14.8 Å². The number of hydrogen-bond donors (Lipinski definition) is 2. The van der Waals surface area contributed by atoms with Crippen molar-refractivity contribution in [1.82, 2.24) is 20.0 Å². The standard InChI is InChI=1S/C18H20ClN5O3/c1-10-16(21-18(25)17-13(19)8-20-22-17)11(2)24(23-10)9-12-5-6-14(26-3)15(7-12)27-4/h5-8H,9H2,1-4H3,(H,20,22)(H,21,25). The minimum absolute atomic E-state index is 0.211. The molecule has 27 heavy (non-hydrogen) atoms. The summed E-state index contributed by atoms with van der Waals surface area (Å²) in [6, 6.07) is 5.70. The number of aromatic nitrogens is 4. The van der Waals surface area contributed by atoms with Crippen molar-refractivity contribution in [3.8, 4) is 11.5 Å². The maximum absolute atomic E-state index is 12.4. The molecule has 2 N–H and O–H groups in total. The van der Waals surface area contributed by atoms with Gasteiger partial charge in [-0.1, -0.05) is 17.7 Å². The van der Waals surface area contributed by atoms with Crippen LogP contribution in [0, 0.1) is 13.8 Å². The molecule has 0 saturated heterocycles. The number of hydrogen-bond acceptors (Lipinski definition) is 5. The highest BCUT2D eigenvalue weighted by Crippen LogP contribution is 2.29. The number of nitrogens with one attached hydrogen (secondary N) is 2. The monoisotopic (exact) mass is 389 g/mol. The van der Waals surface area contributed by atoms with Crippen LogP contribution in [0.25, 0.3) is 0 Å². The number of carbonyl (C=O) groups is 1. The molecule has 1 amide bonds. The van der Waals surface area contributed by atoms with Gasteiger partial charge in [-0.05, 0) is 31.5 Å². The molecule has 142 valence electrons. The predicted octanol–water partition coefficient (Wildman–Crippen LogP) is 3.19. The van der Waals surface area contributed by atoms with Crippen LogP contribution in [0.4, 0.5) is 5.69 Å². The fourth-order valence-electron chi connectivity index (χ4n) is 2.79. The number of methoxy groups -OCH3 is 2. The van der Waals surface area contributed by atoms with Crippen LogP contribution in [0.15, 0.2) is 24.4 Å². The first kappa shape index (κ1) is 18.8. The van der Waals surface area contributed by atoms with E-state index in [0.29, 0.717) is 29.4 Å². The molecule has 8 nitrogen and oxygen atoms in total. The summed E-state index contributed by atoms with van der Waals surface area (Å²) in [6.45, 7) is 4.25. The maximum atomic E-state index is 12.4. The highest BCUT2D eigenvalue weighted by atomic mass is 35.5. The predicted molar refractivity (Wildman–Crippen MR) is 102 cm³/mol. The lowest BCUT2D eigenvalue weighted by Crippen LogP contribution is -2.14. The highest BCUT2D eigenvalue weighted by molar-refractivity contribution is 6.34. The minimum atomic E-state index is -0.366. The largest absolute Gasteiger partial charge is 0.493 e. The summed E-state index contributed by atoms with van der Waals surface area (Å²) < 4.78 is 12.4. The van der Waals surface area contributed by atoms with Crippen LogP contribution in [0.1, 0.15) is 27.4 Å². The van der Waals surface area contributed by atoms with Crippen LogP contribution in [0.5, 0.6) is 11.5 Å². The number of anilines is 1. The maximum Gasteiger partial charge on any atom is 0.275 e. The Kier molecular flexibility index (Phi) is 5.36. The number of benzene rings is 1. The molecule has 2 aromatic heterocycles. The van der Waals surface area contributed by atoms with Gasteiger partial charge in [0.1, 0.15) is 5.69 Å². The van der Waals surface area contributed by atoms with Crippen molar-refractivity contribution in [2.45, 2.75) is 20.4 Å². The third kappa shape index (κ3) is 3.75. The first-order chi connectivity index (χ1) is 12.9. The van der Waals surface area contributed by atoms with E-state index in [1.54, 1.807) is 14.2 Å². The van der Waals surface area contributed by atoms with Crippen molar-refractivity contribution in [3.63, 3.8) is 0 Å². The minimum Gasteiger partial charge on any atom is -0.493 e. The molecule has 9 heteroatoms. The summed E-state index contributed by atoms with van der Waals surface area (Å²) in [6.07, 6.45) is 1.39. The van der Waals surface area contributed by atoms with Gasteiger partial charge in [-0.2, -0.15) is 10.2 Å². The molecule has 0 spiro atoms. The Hall–Kier alpha value is -3.00. The van der Waals surface area contributed by atoms with Gasteiger partial charge in [-0.15, -0.1) is 0 Å². The highest BCUT2D eigenvalue weighted by Gasteiger charge is 2.18. The third-order valence-corrected chi connectivity index (χ3v) is 4.51. The van der Waals surface area contributed by atoms with Crippen molar-refractivity contribution >= 4 is 23.2 Å². The molecule has 0 unspecified atom stereocenters. The summed E-state index contributed by atoms with van der Waals surface area (Å²) in [5.41, 5.74) is 3.38. The Bertz CT molecular complexity index is 980. The number of H-pyrrole nitrogens is 1. The summed E-state index contributed by atoms with van der Waals surface area (Å²) in [7, 11) is 3.19. The zero-order valence-corrected chi connectivity index (χ0v) is 16.2. The van der Waals surface area contributed by atoms with Crippen LogP contribution in [-0.4, -0.2) is 40.1 Å². The Morgan fingerprint density at radius 3 is 2.63 bits per heavy atom.